The van der Waals surface area contributed by atoms with Crippen molar-refractivity contribution >= 4 is 64.0 Å². The number of hydrogen-bond donors (Lipinski definition) is 1. The first-order chi connectivity index (χ1) is 15.3. The van der Waals surface area contributed by atoms with Crippen molar-refractivity contribution in [3.8, 4) is 6.07 Å². The molecule has 3 amide bonds. The zero-order valence-corrected chi connectivity index (χ0v) is 18.8. The quantitative estimate of drug-likeness (QED) is 0.446. The van der Waals surface area contributed by atoms with Crippen LogP contribution in [0.1, 0.15) is 11.1 Å². The number of nitrogens with zero attached hydrogens (tertiary/aromatic N) is 4. The molecule has 33 heavy (non-hydrogen) atoms. The lowest BCUT2D eigenvalue weighted by atomic mass is 10.2. The van der Waals surface area contributed by atoms with E-state index in [1.54, 1.807) is 12.1 Å². The third-order valence-electron chi connectivity index (χ3n) is 4.52. The number of alkyl halides is 6. The summed E-state index contributed by atoms with van der Waals surface area (Å²) in [4.78, 5) is 30.8. The van der Waals surface area contributed by atoms with Gasteiger partial charge in [-0.1, -0.05) is 53.0 Å². The number of amides is 3. The van der Waals surface area contributed by atoms with Gasteiger partial charge in [0.05, 0.1) is 22.5 Å². The normalized spacial score (nSPS) is 16.8. The van der Waals surface area contributed by atoms with Crippen molar-refractivity contribution in [3.05, 3.63) is 59.7 Å². The average Bonchev–Trinajstić information content (AvgIpc) is 2.96. The monoisotopic (exact) mass is 517 g/mol. The molecular weight excluding hydrogens is 506 g/mol. The number of imide groups is 1. The molecule has 2 aromatic carbocycles. The molecule has 172 valence electrons. The van der Waals surface area contributed by atoms with Gasteiger partial charge in [-0.05, 0) is 30.3 Å². The molecule has 3 rings (SSSR count). The number of hydrogen-bond acceptors (Lipinski definition) is 5. The Hall–Kier alpha value is -3.00. The lowest BCUT2D eigenvalue weighted by molar-refractivity contribution is -0.137. The smallest absolute Gasteiger partial charge is 0.359 e. The maximum Gasteiger partial charge on any atom is 0.416 e. The second kappa shape index (κ2) is 9.09. The number of rotatable bonds is 4. The van der Waals surface area contributed by atoms with E-state index in [9.17, 15) is 28.0 Å². The van der Waals surface area contributed by atoms with Gasteiger partial charge in [0.2, 0.25) is 9.63 Å². The van der Waals surface area contributed by atoms with Crippen LogP contribution in [0.3, 0.4) is 0 Å². The molecule has 1 atom stereocenters. The summed E-state index contributed by atoms with van der Waals surface area (Å²) in [6.45, 7) is 0. The van der Waals surface area contributed by atoms with Crippen molar-refractivity contribution in [1.29, 1.82) is 5.26 Å². The zero-order chi connectivity index (χ0) is 24.6. The molecule has 1 heterocycles. The van der Waals surface area contributed by atoms with Crippen LogP contribution in [-0.2, 0) is 11.0 Å². The van der Waals surface area contributed by atoms with Crippen LogP contribution in [0, 0.1) is 11.3 Å². The number of urea groups is 1. The van der Waals surface area contributed by atoms with Gasteiger partial charge in [0.25, 0.3) is 5.91 Å². The molecule has 13 heteroatoms. The van der Waals surface area contributed by atoms with E-state index in [2.05, 4.69) is 10.3 Å². The average molecular weight is 519 g/mol. The standard InChI is InChI=1S/C20H13Cl3F3N5O2/c1-30-16(32)15(31(18(30)33)13-7-4-6-12(9-13)20(24,25)26)29-17(19(21,22)23)28-14-8-3-2-5-11(14)10-27/h2-9,17,28H,1H3. The highest BCUT2D eigenvalue weighted by molar-refractivity contribution is 6.68. The van der Waals surface area contributed by atoms with Crippen LogP contribution in [-0.4, -0.2) is 39.7 Å². The summed E-state index contributed by atoms with van der Waals surface area (Å²) in [5.74, 6) is -1.49. The SMILES string of the molecule is CN1C(=O)C(=NC(Nc2ccccc2C#N)C(Cl)(Cl)Cl)N(c2cccc(C(F)(F)F)c2)C1=O. The fraction of sp³-hybridized carbons (Fsp3) is 0.200. The number of nitrogens with one attached hydrogen (secondary N) is 1. The number of anilines is 2. The van der Waals surface area contributed by atoms with Gasteiger partial charge in [0.1, 0.15) is 6.07 Å². The summed E-state index contributed by atoms with van der Waals surface area (Å²) in [6.07, 6.45) is -6.18. The number of amidine groups is 1. The molecule has 7 nitrogen and oxygen atoms in total. The molecule has 0 spiro atoms. The molecule has 1 fully saturated rings. The molecule has 0 aliphatic carbocycles. The van der Waals surface area contributed by atoms with Crippen LogP contribution >= 0.6 is 34.8 Å². The summed E-state index contributed by atoms with van der Waals surface area (Å²) >= 11 is 18.1. The van der Waals surface area contributed by atoms with Crippen molar-refractivity contribution in [2.45, 2.75) is 16.1 Å². The first-order valence-corrected chi connectivity index (χ1v) is 10.2. The van der Waals surface area contributed by atoms with Gasteiger partial charge in [0, 0.05) is 7.05 Å². The van der Waals surface area contributed by atoms with E-state index in [4.69, 9.17) is 34.8 Å². The predicted octanol–water partition coefficient (Wildman–Crippen LogP) is 5.18. The molecular formula is C20H13Cl3F3N5O2. The predicted molar refractivity (Wildman–Crippen MR) is 118 cm³/mol. The second-order valence-corrected chi connectivity index (χ2v) is 9.10. The number of benzene rings is 2. The third kappa shape index (κ3) is 5.16. The molecule has 0 saturated carbocycles. The van der Waals surface area contributed by atoms with Gasteiger partial charge in [0.15, 0.2) is 6.17 Å². The topological polar surface area (TPSA) is 88.8 Å². The van der Waals surface area contributed by atoms with E-state index in [1.807, 2.05) is 6.07 Å². The highest BCUT2D eigenvalue weighted by Gasteiger charge is 2.44. The van der Waals surface area contributed by atoms with Crippen LogP contribution in [0.4, 0.5) is 29.3 Å². The Balaban J connectivity index is 2.11. The van der Waals surface area contributed by atoms with Gasteiger partial charge >= 0.3 is 12.2 Å². The van der Waals surface area contributed by atoms with Crippen LogP contribution in [0.2, 0.25) is 0 Å². The van der Waals surface area contributed by atoms with Crippen LogP contribution < -0.4 is 10.2 Å². The molecule has 1 N–H and O–H groups in total. The molecule has 0 bridgehead atoms. The fourth-order valence-electron chi connectivity index (χ4n) is 2.90. The highest BCUT2D eigenvalue weighted by Crippen LogP contribution is 2.36. The number of carbonyl (C=O) groups is 2. The molecule has 0 radical (unpaired) electrons. The zero-order valence-electron chi connectivity index (χ0n) is 16.6. The summed E-state index contributed by atoms with van der Waals surface area (Å²) in [5.41, 5.74) is -0.894. The van der Waals surface area contributed by atoms with Gasteiger partial charge in [-0.2, -0.15) is 18.4 Å². The Labute approximate surface area is 200 Å². The highest BCUT2D eigenvalue weighted by atomic mass is 35.6. The van der Waals surface area contributed by atoms with E-state index >= 15 is 0 Å². The van der Waals surface area contributed by atoms with Crippen LogP contribution in [0.25, 0.3) is 0 Å². The molecule has 1 aliphatic heterocycles. The van der Waals surface area contributed by atoms with Crippen molar-refractivity contribution in [3.63, 3.8) is 0 Å². The maximum atomic E-state index is 13.2. The molecule has 1 saturated heterocycles. The van der Waals surface area contributed by atoms with Gasteiger partial charge in [-0.15, -0.1) is 0 Å². The van der Waals surface area contributed by atoms with E-state index < -0.39 is 39.5 Å². The first kappa shape index (κ1) is 24.6. The molecule has 1 aliphatic rings. The minimum absolute atomic E-state index is 0.178. The lowest BCUT2D eigenvalue weighted by Gasteiger charge is -2.25. The van der Waals surface area contributed by atoms with Crippen molar-refractivity contribution in [2.75, 3.05) is 17.3 Å². The van der Waals surface area contributed by atoms with E-state index in [0.29, 0.717) is 15.9 Å². The number of carbonyl (C=O) groups excluding carboxylic acids is 2. The Morgan fingerprint density at radius 2 is 1.76 bits per heavy atom. The number of aliphatic imine (C=N–C) groups is 1. The molecule has 1 unspecified atom stereocenters. The minimum Gasteiger partial charge on any atom is -0.359 e. The van der Waals surface area contributed by atoms with E-state index in [0.717, 1.165) is 19.2 Å². The largest absolute Gasteiger partial charge is 0.416 e. The van der Waals surface area contributed by atoms with Crippen LogP contribution in [0.5, 0.6) is 0 Å². The molecule has 0 aromatic heterocycles. The number of nitriles is 1. The summed E-state index contributed by atoms with van der Waals surface area (Å²) in [7, 11) is 1.14. The second-order valence-electron chi connectivity index (χ2n) is 6.73. The first-order valence-electron chi connectivity index (χ1n) is 9.04. The Morgan fingerprint density at radius 1 is 1.09 bits per heavy atom. The van der Waals surface area contributed by atoms with E-state index in [-0.39, 0.29) is 16.9 Å². The number of para-hydroxylation sites is 1. The number of halogens is 6. The van der Waals surface area contributed by atoms with Gasteiger partial charge < -0.3 is 5.32 Å². The Kier molecular flexibility index (Phi) is 6.79. The summed E-state index contributed by atoms with van der Waals surface area (Å²) < 4.78 is 37.4. The number of likely N-dealkylation sites (N-methyl/N-ethyl adjacent to an activating group) is 1. The third-order valence-corrected chi connectivity index (χ3v) is 5.14. The van der Waals surface area contributed by atoms with E-state index in [1.165, 1.54) is 18.2 Å². The van der Waals surface area contributed by atoms with Gasteiger partial charge in [-0.3, -0.25) is 9.69 Å². The van der Waals surface area contributed by atoms with Crippen molar-refractivity contribution < 1.29 is 22.8 Å². The van der Waals surface area contributed by atoms with Crippen LogP contribution in [0.15, 0.2) is 53.5 Å². The minimum atomic E-state index is -4.69. The summed E-state index contributed by atoms with van der Waals surface area (Å²) in [5, 5.41) is 12.0. The molecule has 2 aromatic rings. The van der Waals surface area contributed by atoms with Gasteiger partial charge in [-0.25, -0.2) is 14.7 Å². The fourth-order valence-corrected chi connectivity index (χ4v) is 3.21. The van der Waals surface area contributed by atoms with Crippen molar-refractivity contribution in [1.82, 2.24) is 4.90 Å². The lowest BCUT2D eigenvalue weighted by Crippen LogP contribution is -2.38. The van der Waals surface area contributed by atoms with Crippen molar-refractivity contribution in [2.24, 2.45) is 4.99 Å². The maximum absolute atomic E-state index is 13.2. The Morgan fingerprint density at radius 3 is 2.36 bits per heavy atom. The summed E-state index contributed by atoms with van der Waals surface area (Å²) in [6, 6.07) is 11.0. The Bertz CT molecular complexity index is 1170.